The second-order valence-electron chi connectivity index (χ2n) is 0.289. The predicted octanol–water partition coefficient (Wildman–Crippen LogP) is -5.07. The Balaban J connectivity index is -0.0000000150. The van der Waals surface area contributed by atoms with E-state index in [1.807, 2.05) is 0 Å². The van der Waals surface area contributed by atoms with E-state index in [9.17, 15) is 0 Å². The molecule has 0 aromatic heterocycles. The van der Waals surface area contributed by atoms with Crippen molar-refractivity contribution < 1.29 is 100 Å². The molecule has 0 heterocycles. The van der Waals surface area contributed by atoms with E-state index < -0.39 is 46.5 Å². The van der Waals surface area contributed by atoms with Crippen LogP contribution in [0.15, 0.2) is 0 Å². The quantitative estimate of drug-likeness (QED) is 0.334. The average Bonchev–Trinajstić information content (AvgIpc) is 1.70. The zero-order chi connectivity index (χ0) is 8.12. The van der Waals surface area contributed by atoms with E-state index in [2.05, 4.69) is 0 Å². The molecular formula is Al3LaNdO6. The fraction of sp³-hybridized carbons (Fsp3) is 0. The third-order valence-corrected chi connectivity index (χ3v) is 0. The fourth-order valence-corrected chi connectivity index (χ4v) is 0. The standard InChI is InChI=1S/3Al.La.Nd.6O/q;;;;+3;;;;3*-1. The van der Waals surface area contributed by atoms with Gasteiger partial charge in [0, 0.05) is 35.6 Å². The molecular weight excluding hydrogens is 460 g/mol. The van der Waals surface area contributed by atoms with E-state index in [1.54, 1.807) is 0 Å². The molecule has 0 aliphatic carbocycles. The zero-order valence-corrected chi connectivity index (χ0v) is 15.6. The molecule has 0 N–H and O–H groups in total. The first-order valence-corrected chi connectivity index (χ1v) is 4.24. The third kappa shape index (κ3) is 179. The Kier molecular flexibility index (Phi) is 139. The van der Waals surface area contributed by atoms with Crippen molar-refractivity contribution in [3.05, 3.63) is 0 Å². The molecule has 0 aliphatic rings. The number of hydrogen-bond acceptors (Lipinski definition) is 6. The molecule has 11 heavy (non-hydrogen) atoms. The first-order valence-electron chi connectivity index (χ1n) is 1.41. The van der Waals surface area contributed by atoms with E-state index in [4.69, 9.17) is 23.9 Å². The van der Waals surface area contributed by atoms with Crippen molar-refractivity contribution in [3.8, 4) is 0 Å². The van der Waals surface area contributed by atoms with Crippen LogP contribution in [0.5, 0.6) is 0 Å². The minimum atomic E-state index is -1.75. The predicted molar refractivity (Wildman–Crippen MR) is 19.3 cm³/mol. The summed E-state index contributed by atoms with van der Waals surface area (Å²) in [6.07, 6.45) is 0. The van der Waals surface area contributed by atoms with Crippen molar-refractivity contribution in [1.82, 2.24) is 0 Å². The molecule has 11 heteroatoms. The van der Waals surface area contributed by atoms with Crippen LogP contribution in [0.1, 0.15) is 0 Å². The first-order chi connectivity index (χ1) is 4.24. The van der Waals surface area contributed by atoms with Crippen LogP contribution < -0.4 is 12.5 Å². The second-order valence-corrected chi connectivity index (χ2v) is 0.866. The molecule has 0 rings (SSSR count). The van der Waals surface area contributed by atoms with Gasteiger partial charge in [-0.05, 0) is 0 Å². The summed E-state index contributed by atoms with van der Waals surface area (Å²) < 4.78 is 50.8. The summed E-state index contributed by atoms with van der Waals surface area (Å²) in [5.41, 5.74) is 0. The summed E-state index contributed by atoms with van der Waals surface area (Å²) >= 11 is -5.25. The summed E-state index contributed by atoms with van der Waals surface area (Å²) in [6, 6.07) is 0. The van der Waals surface area contributed by atoms with Crippen LogP contribution >= 0.6 is 0 Å². The van der Waals surface area contributed by atoms with Crippen molar-refractivity contribution in [2.75, 3.05) is 0 Å². The van der Waals surface area contributed by atoms with Crippen LogP contribution in [0.4, 0.5) is 0 Å². The van der Waals surface area contributed by atoms with Crippen molar-refractivity contribution in [1.29, 1.82) is 0 Å². The molecule has 2 radical (unpaired) electrons. The van der Waals surface area contributed by atoms with Gasteiger partial charge in [-0.1, -0.05) is 0 Å². The molecule has 0 aromatic rings. The third-order valence-electron chi connectivity index (χ3n) is 0. The number of rotatable bonds is 0. The normalized spacial score (nSPS) is 2.18. The van der Waals surface area contributed by atoms with Crippen molar-refractivity contribution in [2.24, 2.45) is 0 Å². The summed E-state index contributed by atoms with van der Waals surface area (Å²) in [5.74, 6) is 0. The van der Waals surface area contributed by atoms with Crippen LogP contribution in [0.25, 0.3) is 0 Å². The van der Waals surface area contributed by atoms with Gasteiger partial charge in [-0.15, -0.1) is 0 Å². The first kappa shape index (κ1) is 29.2. The van der Waals surface area contributed by atoms with Gasteiger partial charge in [-0.3, -0.25) is 0 Å². The van der Waals surface area contributed by atoms with E-state index >= 15 is 0 Å². The summed E-state index contributed by atoms with van der Waals surface area (Å²) in [4.78, 5) is 0. The molecule has 0 atom stereocenters. The van der Waals surface area contributed by atoms with Gasteiger partial charge in [0.25, 0.3) is 0 Å². The van der Waals surface area contributed by atoms with Gasteiger partial charge in [0.1, 0.15) is 0 Å². The summed E-state index contributed by atoms with van der Waals surface area (Å²) in [6.45, 7) is 0. The van der Waals surface area contributed by atoms with Gasteiger partial charge in [-0.25, -0.2) is 0 Å². The molecule has 0 saturated heterocycles. The molecule has 0 fully saturated rings. The maximum atomic E-state index is 8.46. The SMILES string of the molecule is [La].[Nd+3].[O]=[Al][O-].[O]=[Al][O-].[O]=[Al][O-]. The van der Waals surface area contributed by atoms with E-state index in [0.29, 0.717) is 0 Å². The molecule has 0 unspecified atom stereocenters. The van der Waals surface area contributed by atoms with E-state index in [1.165, 1.54) is 0 Å². The number of hydrogen-bond donors (Lipinski definition) is 0. The van der Waals surface area contributed by atoms with Gasteiger partial charge < -0.3 is 0 Å². The molecule has 0 spiro atoms. The summed E-state index contributed by atoms with van der Waals surface area (Å²) in [7, 11) is 0. The Morgan fingerprint density at radius 1 is 0.727 bits per heavy atom. The van der Waals surface area contributed by atoms with Gasteiger partial charge in [-0.2, -0.15) is 0 Å². The van der Waals surface area contributed by atoms with Gasteiger partial charge >= 0.3 is 111 Å². The maximum absolute atomic E-state index is 8.46. The van der Waals surface area contributed by atoms with Crippen LogP contribution in [0, 0.1) is 76.4 Å². The second kappa shape index (κ2) is 52.3. The fourth-order valence-electron chi connectivity index (χ4n) is 0. The molecule has 0 amide bonds. The molecule has 0 aliphatic heterocycles. The molecule has 6 nitrogen and oxygen atoms in total. The van der Waals surface area contributed by atoms with Crippen molar-refractivity contribution >= 4 is 46.5 Å². The van der Waals surface area contributed by atoms with Gasteiger partial charge in [0.05, 0.1) is 0 Å². The Morgan fingerprint density at radius 2 is 0.727 bits per heavy atom. The Labute approximate surface area is 143 Å². The summed E-state index contributed by atoms with van der Waals surface area (Å²) in [5, 5.41) is 0. The Hall–Kier alpha value is 2.94. The molecule has 0 saturated carbocycles. The van der Waals surface area contributed by atoms with Crippen LogP contribution in [0.3, 0.4) is 0 Å². The van der Waals surface area contributed by atoms with Crippen LogP contribution in [-0.2, 0) is 11.4 Å². The van der Waals surface area contributed by atoms with Crippen LogP contribution in [0.2, 0.25) is 0 Å². The zero-order valence-electron chi connectivity index (χ0n) is 5.26. The topological polar surface area (TPSA) is 120 Å². The van der Waals surface area contributed by atoms with Crippen molar-refractivity contribution in [3.63, 3.8) is 0 Å². The van der Waals surface area contributed by atoms with E-state index in [0.717, 1.165) is 0 Å². The molecule has 52 valence electrons. The molecule has 0 aromatic carbocycles. The Morgan fingerprint density at radius 3 is 0.727 bits per heavy atom. The van der Waals surface area contributed by atoms with Crippen LogP contribution in [-0.4, -0.2) is 46.5 Å². The Bertz CT molecular complexity index is 54.6. The van der Waals surface area contributed by atoms with Crippen molar-refractivity contribution in [2.45, 2.75) is 0 Å². The average molecular weight is 460 g/mol. The minimum absolute atomic E-state index is 0. The van der Waals surface area contributed by atoms with Gasteiger partial charge in [0.15, 0.2) is 0 Å². The molecule has 0 bridgehead atoms. The van der Waals surface area contributed by atoms with Gasteiger partial charge in [0.2, 0.25) is 0 Å². The monoisotopic (exact) mass is 458 g/mol. The van der Waals surface area contributed by atoms with E-state index in [-0.39, 0.29) is 76.4 Å².